The Hall–Kier alpha value is -2.97. The van der Waals surface area contributed by atoms with E-state index in [9.17, 15) is 14.0 Å². The van der Waals surface area contributed by atoms with Gasteiger partial charge in [0.25, 0.3) is 5.56 Å². The lowest BCUT2D eigenvalue weighted by Gasteiger charge is -2.14. The van der Waals surface area contributed by atoms with E-state index in [1.54, 1.807) is 42.5 Å². The number of benzene rings is 3. The van der Waals surface area contributed by atoms with Crippen LogP contribution in [0.3, 0.4) is 0 Å². The minimum atomic E-state index is -0.545. The summed E-state index contributed by atoms with van der Waals surface area (Å²) in [6, 6.07) is 20.1. The molecule has 1 aromatic heterocycles. The monoisotopic (exact) mass is 483 g/mol. The van der Waals surface area contributed by atoms with E-state index in [0.29, 0.717) is 16.6 Å². The molecule has 1 amide bonds. The van der Waals surface area contributed by atoms with Gasteiger partial charge in [0, 0.05) is 4.47 Å². The third kappa shape index (κ3) is 4.15. The normalized spacial score (nSPS) is 10.9. The number of carbonyl (C=O) groups excluding carboxylic acids is 1. The second-order valence-electron chi connectivity index (χ2n) is 6.32. The van der Waals surface area contributed by atoms with Gasteiger partial charge in [-0.05, 0) is 52.3 Å². The predicted molar refractivity (Wildman–Crippen MR) is 121 cm³/mol. The van der Waals surface area contributed by atoms with Gasteiger partial charge in [-0.1, -0.05) is 48.2 Å². The fourth-order valence-electron chi connectivity index (χ4n) is 2.93. The zero-order valence-electron chi connectivity index (χ0n) is 15.5. The molecule has 0 saturated carbocycles. The van der Waals surface area contributed by atoms with Crippen molar-refractivity contribution in [3.05, 3.63) is 93.4 Å². The largest absolute Gasteiger partial charge is 0.324 e. The number of amides is 1. The Morgan fingerprint density at radius 2 is 1.73 bits per heavy atom. The molecule has 0 radical (unpaired) electrons. The molecule has 4 aromatic rings. The van der Waals surface area contributed by atoms with Crippen LogP contribution >= 0.6 is 27.7 Å². The first kappa shape index (κ1) is 20.3. The lowest BCUT2D eigenvalue weighted by Crippen LogP contribution is -2.23. The summed E-state index contributed by atoms with van der Waals surface area (Å²) in [4.78, 5) is 30.1. The Balaban J connectivity index is 1.70. The molecule has 0 aliphatic rings. The molecule has 1 N–H and O–H groups in total. The van der Waals surface area contributed by atoms with E-state index in [0.717, 1.165) is 16.2 Å². The summed E-state index contributed by atoms with van der Waals surface area (Å²) in [5, 5.41) is 3.43. The maximum Gasteiger partial charge on any atom is 0.266 e. The van der Waals surface area contributed by atoms with Gasteiger partial charge in [0.1, 0.15) is 5.82 Å². The summed E-state index contributed by atoms with van der Waals surface area (Å²) in [6.45, 7) is 0. The fourth-order valence-corrected chi connectivity index (χ4v) is 4.12. The minimum absolute atomic E-state index is 0.000563. The van der Waals surface area contributed by atoms with Crippen LogP contribution in [0.25, 0.3) is 16.6 Å². The molecule has 1 heterocycles. The molecule has 0 unspecified atom stereocenters. The maximum atomic E-state index is 14.5. The number of halogens is 2. The number of para-hydroxylation sites is 3. The van der Waals surface area contributed by atoms with Crippen molar-refractivity contribution in [1.82, 2.24) is 9.55 Å². The summed E-state index contributed by atoms with van der Waals surface area (Å²) >= 11 is 4.46. The van der Waals surface area contributed by atoms with Crippen molar-refractivity contribution >= 4 is 50.2 Å². The van der Waals surface area contributed by atoms with Gasteiger partial charge in [0.05, 0.1) is 28.0 Å². The molecule has 0 aliphatic heterocycles. The number of hydrogen-bond donors (Lipinski definition) is 1. The molecular formula is C22H15BrFN3O2S. The van der Waals surface area contributed by atoms with E-state index < -0.39 is 5.82 Å². The highest BCUT2D eigenvalue weighted by atomic mass is 79.9. The molecule has 4 rings (SSSR count). The molecule has 0 spiro atoms. The van der Waals surface area contributed by atoms with Crippen molar-refractivity contribution in [2.45, 2.75) is 5.16 Å². The Labute approximate surface area is 184 Å². The van der Waals surface area contributed by atoms with Crippen LogP contribution in [0.15, 0.2) is 87.2 Å². The van der Waals surface area contributed by atoms with Crippen LogP contribution < -0.4 is 10.9 Å². The minimum Gasteiger partial charge on any atom is -0.324 e. The summed E-state index contributed by atoms with van der Waals surface area (Å²) in [6.07, 6.45) is 0. The number of carbonyl (C=O) groups is 1. The number of fused-ring (bicyclic) bond motifs is 1. The second kappa shape index (κ2) is 8.81. The standard InChI is InChI=1S/C22H15BrFN3O2S/c23-15-8-2-5-11-18(15)25-20(28)13-30-22-26-17-10-4-1-7-14(17)21(29)27(22)19-12-6-3-9-16(19)24/h1-12H,13H2,(H,25,28). The van der Waals surface area contributed by atoms with Crippen molar-refractivity contribution in [2.24, 2.45) is 0 Å². The summed E-state index contributed by atoms with van der Waals surface area (Å²) in [7, 11) is 0. The molecule has 150 valence electrons. The topological polar surface area (TPSA) is 64.0 Å². The molecule has 8 heteroatoms. The molecule has 0 fully saturated rings. The van der Waals surface area contributed by atoms with Crippen LogP contribution in [0.1, 0.15) is 0 Å². The summed E-state index contributed by atoms with van der Waals surface area (Å²) in [5.74, 6) is -0.814. The van der Waals surface area contributed by atoms with Gasteiger partial charge in [-0.2, -0.15) is 0 Å². The van der Waals surface area contributed by atoms with Gasteiger partial charge < -0.3 is 5.32 Å². The Morgan fingerprint density at radius 3 is 2.53 bits per heavy atom. The molecule has 30 heavy (non-hydrogen) atoms. The van der Waals surface area contributed by atoms with Crippen LogP contribution in [0.5, 0.6) is 0 Å². The van der Waals surface area contributed by atoms with Crippen LogP contribution in [0.4, 0.5) is 10.1 Å². The number of nitrogens with zero attached hydrogens (tertiary/aromatic N) is 2. The van der Waals surface area contributed by atoms with Crippen LogP contribution in [0.2, 0.25) is 0 Å². The Kier molecular flexibility index (Phi) is 5.96. The number of anilines is 1. The Bertz CT molecular complexity index is 1310. The van der Waals surface area contributed by atoms with Gasteiger partial charge in [-0.3, -0.25) is 14.2 Å². The number of nitrogens with one attached hydrogen (secondary N) is 1. The first-order valence-corrected chi connectivity index (χ1v) is 10.8. The zero-order chi connectivity index (χ0) is 21.1. The number of hydrogen-bond acceptors (Lipinski definition) is 4. The zero-order valence-corrected chi connectivity index (χ0v) is 17.9. The Morgan fingerprint density at radius 1 is 1.03 bits per heavy atom. The van der Waals surface area contributed by atoms with Crippen molar-refractivity contribution in [1.29, 1.82) is 0 Å². The smallest absolute Gasteiger partial charge is 0.266 e. The van der Waals surface area contributed by atoms with E-state index in [4.69, 9.17) is 0 Å². The quantitative estimate of drug-likeness (QED) is 0.319. The van der Waals surface area contributed by atoms with Crippen molar-refractivity contribution in [3.63, 3.8) is 0 Å². The van der Waals surface area contributed by atoms with Crippen LogP contribution in [0, 0.1) is 5.82 Å². The van der Waals surface area contributed by atoms with Crippen molar-refractivity contribution < 1.29 is 9.18 Å². The van der Waals surface area contributed by atoms with Crippen molar-refractivity contribution in [2.75, 3.05) is 11.1 Å². The first-order chi connectivity index (χ1) is 14.5. The lowest BCUT2D eigenvalue weighted by atomic mass is 10.2. The SMILES string of the molecule is O=C(CSc1nc2ccccc2c(=O)n1-c1ccccc1F)Nc1ccccc1Br. The third-order valence-corrected chi connectivity index (χ3v) is 5.95. The van der Waals surface area contributed by atoms with Crippen molar-refractivity contribution in [3.8, 4) is 5.69 Å². The average Bonchev–Trinajstić information content (AvgIpc) is 2.75. The van der Waals surface area contributed by atoms with E-state index in [-0.39, 0.29) is 28.1 Å². The third-order valence-electron chi connectivity index (χ3n) is 4.32. The van der Waals surface area contributed by atoms with Gasteiger partial charge in [-0.25, -0.2) is 9.37 Å². The highest BCUT2D eigenvalue weighted by Crippen LogP contribution is 2.24. The van der Waals surface area contributed by atoms with Gasteiger partial charge in [0.15, 0.2) is 5.16 Å². The van der Waals surface area contributed by atoms with Gasteiger partial charge >= 0.3 is 0 Å². The van der Waals surface area contributed by atoms with E-state index in [1.165, 1.54) is 16.7 Å². The van der Waals surface area contributed by atoms with Crippen LogP contribution in [-0.2, 0) is 4.79 Å². The summed E-state index contributed by atoms with van der Waals surface area (Å²) in [5.41, 5.74) is 0.832. The highest BCUT2D eigenvalue weighted by molar-refractivity contribution is 9.10. The molecule has 5 nitrogen and oxygen atoms in total. The summed E-state index contributed by atoms with van der Waals surface area (Å²) < 4.78 is 16.5. The second-order valence-corrected chi connectivity index (χ2v) is 8.12. The number of rotatable bonds is 5. The maximum absolute atomic E-state index is 14.5. The highest BCUT2D eigenvalue weighted by Gasteiger charge is 2.17. The van der Waals surface area contributed by atoms with Gasteiger partial charge in [-0.15, -0.1) is 0 Å². The molecule has 0 bridgehead atoms. The molecule has 0 aliphatic carbocycles. The number of aromatic nitrogens is 2. The molecule has 0 atom stereocenters. The lowest BCUT2D eigenvalue weighted by molar-refractivity contribution is -0.113. The van der Waals surface area contributed by atoms with Crippen LogP contribution in [-0.4, -0.2) is 21.2 Å². The fraction of sp³-hybridized carbons (Fsp3) is 0.0455. The number of thioether (sulfide) groups is 1. The first-order valence-electron chi connectivity index (χ1n) is 8.98. The predicted octanol–water partition coefficient (Wildman–Crippen LogP) is 5.02. The van der Waals surface area contributed by atoms with E-state index in [2.05, 4.69) is 26.2 Å². The molecule has 0 saturated heterocycles. The van der Waals surface area contributed by atoms with E-state index >= 15 is 0 Å². The van der Waals surface area contributed by atoms with E-state index in [1.807, 2.05) is 18.2 Å². The average molecular weight is 484 g/mol. The molecule has 3 aromatic carbocycles. The van der Waals surface area contributed by atoms with Gasteiger partial charge in [0.2, 0.25) is 5.91 Å². The molecular weight excluding hydrogens is 469 g/mol.